The number of anilines is 1. The Morgan fingerprint density at radius 3 is 2.64 bits per heavy atom. The van der Waals surface area contributed by atoms with E-state index in [9.17, 15) is 0 Å². The standard InChI is InChI=1S/C9H11N3.2ClH/c1-6-11-8-4-3-7(10-2)5-9(8)12-6;;/h3-5,10H,1-2H3,(H,11,12);2*1H. The van der Waals surface area contributed by atoms with Crippen LogP contribution < -0.4 is 5.32 Å². The van der Waals surface area contributed by atoms with Crippen LogP contribution >= 0.6 is 24.8 Å². The Kier molecular flexibility index (Phi) is 4.74. The van der Waals surface area contributed by atoms with E-state index in [-0.39, 0.29) is 24.8 Å². The van der Waals surface area contributed by atoms with Crippen molar-refractivity contribution in [3.8, 4) is 0 Å². The molecule has 0 atom stereocenters. The van der Waals surface area contributed by atoms with Crippen LogP contribution in [0.4, 0.5) is 5.69 Å². The van der Waals surface area contributed by atoms with Crippen LogP contribution in [-0.2, 0) is 0 Å². The summed E-state index contributed by atoms with van der Waals surface area (Å²) in [7, 11) is 1.91. The Bertz CT molecular complexity index is 411. The highest BCUT2D eigenvalue weighted by Crippen LogP contribution is 2.16. The van der Waals surface area contributed by atoms with E-state index in [1.54, 1.807) is 0 Å². The summed E-state index contributed by atoms with van der Waals surface area (Å²) < 4.78 is 0. The van der Waals surface area contributed by atoms with E-state index < -0.39 is 0 Å². The van der Waals surface area contributed by atoms with Crippen molar-refractivity contribution in [2.24, 2.45) is 0 Å². The lowest BCUT2D eigenvalue weighted by Gasteiger charge is -1.97. The summed E-state index contributed by atoms with van der Waals surface area (Å²) in [5.41, 5.74) is 3.21. The minimum absolute atomic E-state index is 0. The number of fused-ring (bicyclic) bond motifs is 1. The zero-order valence-corrected chi connectivity index (χ0v) is 9.63. The summed E-state index contributed by atoms with van der Waals surface area (Å²) in [4.78, 5) is 7.49. The summed E-state index contributed by atoms with van der Waals surface area (Å²) in [5, 5.41) is 3.08. The summed E-state index contributed by atoms with van der Waals surface area (Å²) >= 11 is 0. The van der Waals surface area contributed by atoms with E-state index in [0.717, 1.165) is 22.5 Å². The molecule has 1 heterocycles. The third kappa shape index (κ3) is 2.30. The number of benzene rings is 1. The lowest BCUT2D eigenvalue weighted by atomic mass is 10.3. The molecule has 78 valence electrons. The van der Waals surface area contributed by atoms with Crippen molar-refractivity contribution < 1.29 is 0 Å². The van der Waals surface area contributed by atoms with Crippen molar-refractivity contribution in [2.45, 2.75) is 6.92 Å². The van der Waals surface area contributed by atoms with Gasteiger partial charge < -0.3 is 10.3 Å². The van der Waals surface area contributed by atoms with E-state index >= 15 is 0 Å². The van der Waals surface area contributed by atoms with Gasteiger partial charge in [-0.1, -0.05) is 0 Å². The number of aryl methyl sites for hydroxylation is 1. The Balaban J connectivity index is 0.000000845. The van der Waals surface area contributed by atoms with Gasteiger partial charge in [0, 0.05) is 12.7 Å². The zero-order chi connectivity index (χ0) is 8.55. The van der Waals surface area contributed by atoms with Gasteiger partial charge in [-0.3, -0.25) is 0 Å². The number of hydrogen-bond acceptors (Lipinski definition) is 2. The van der Waals surface area contributed by atoms with Crippen molar-refractivity contribution in [3.05, 3.63) is 24.0 Å². The third-order valence-electron chi connectivity index (χ3n) is 1.89. The van der Waals surface area contributed by atoms with Crippen LogP contribution in [0, 0.1) is 6.92 Å². The molecule has 0 aliphatic carbocycles. The molecule has 0 amide bonds. The summed E-state index contributed by atoms with van der Waals surface area (Å²) in [6, 6.07) is 6.07. The van der Waals surface area contributed by atoms with Gasteiger partial charge in [0.15, 0.2) is 0 Å². The number of aromatic nitrogens is 2. The molecule has 0 saturated carbocycles. The molecule has 5 heteroatoms. The van der Waals surface area contributed by atoms with Gasteiger partial charge in [-0.05, 0) is 25.1 Å². The van der Waals surface area contributed by atoms with Crippen LogP contribution in [0.15, 0.2) is 18.2 Å². The summed E-state index contributed by atoms with van der Waals surface area (Å²) in [6.45, 7) is 1.96. The third-order valence-corrected chi connectivity index (χ3v) is 1.89. The highest BCUT2D eigenvalue weighted by molar-refractivity contribution is 5.85. The molecule has 2 N–H and O–H groups in total. The topological polar surface area (TPSA) is 40.7 Å². The van der Waals surface area contributed by atoms with E-state index in [0.29, 0.717) is 0 Å². The molecule has 0 unspecified atom stereocenters. The molecule has 2 rings (SSSR count). The first-order valence-corrected chi connectivity index (χ1v) is 3.94. The lowest BCUT2D eigenvalue weighted by Crippen LogP contribution is -1.86. The van der Waals surface area contributed by atoms with Gasteiger partial charge in [0.25, 0.3) is 0 Å². The van der Waals surface area contributed by atoms with Crippen molar-refractivity contribution in [1.82, 2.24) is 9.97 Å². The van der Waals surface area contributed by atoms with E-state index in [1.807, 2.05) is 26.1 Å². The van der Waals surface area contributed by atoms with Crippen LogP contribution in [0.2, 0.25) is 0 Å². The molecule has 0 aliphatic rings. The molecule has 0 radical (unpaired) electrons. The van der Waals surface area contributed by atoms with Gasteiger partial charge >= 0.3 is 0 Å². The van der Waals surface area contributed by atoms with Crippen LogP contribution in [0.5, 0.6) is 0 Å². The molecule has 0 saturated heterocycles. The number of nitrogens with zero attached hydrogens (tertiary/aromatic N) is 1. The van der Waals surface area contributed by atoms with E-state index in [4.69, 9.17) is 0 Å². The van der Waals surface area contributed by atoms with Gasteiger partial charge in [-0.2, -0.15) is 0 Å². The molecular formula is C9H13Cl2N3. The SMILES string of the molecule is CNc1ccc2nc(C)[nH]c2c1.Cl.Cl. The predicted octanol–water partition coefficient (Wildman–Crippen LogP) is 2.76. The number of hydrogen-bond donors (Lipinski definition) is 2. The highest BCUT2D eigenvalue weighted by atomic mass is 35.5. The van der Waals surface area contributed by atoms with Crippen molar-refractivity contribution >= 4 is 41.5 Å². The average molecular weight is 234 g/mol. The maximum absolute atomic E-state index is 4.31. The van der Waals surface area contributed by atoms with Gasteiger partial charge in [-0.15, -0.1) is 24.8 Å². The van der Waals surface area contributed by atoms with Crippen LogP contribution in [0.3, 0.4) is 0 Å². The fourth-order valence-corrected chi connectivity index (χ4v) is 1.29. The largest absolute Gasteiger partial charge is 0.388 e. The molecule has 1 aromatic carbocycles. The van der Waals surface area contributed by atoms with Gasteiger partial charge in [0.2, 0.25) is 0 Å². The van der Waals surface area contributed by atoms with Crippen molar-refractivity contribution in [2.75, 3.05) is 12.4 Å². The predicted molar refractivity (Wildman–Crippen MR) is 64.9 cm³/mol. The molecule has 2 aromatic rings. The minimum Gasteiger partial charge on any atom is -0.388 e. The maximum Gasteiger partial charge on any atom is 0.104 e. The molecule has 0 fully saturated rings. The quantitative estimate of drug-likeness (QED) is 0.796. The molecule has 0 aliphatic heterocycles. The first kappa shape index (κ1) is 13.1. The number of nitrogens with one attached hydrogen (secondary N) is 2. The summed E-state index contributed by atoms with van der Waals surface area (Å²) in [6.07, 6.45) is 0. The van der Waals surface area contributed by atoms with Gasteiger partial charge in [0.1, 0.15) is 5.82 Å². The minimum atomic E-state index is 0. The second kappa shape index (κ2) is 5.08. The monoisotopic (exact) mass is 233 g/mol. The molecule has 0 bridgehead atoms. The lowest BCUT2D eigenvalue weighted by molar-refractivity contribution is 1.17. The van der Waals surface area contributed by atoms with Gasteiger partial charge in [-0.25, -0.2) is 4.98 Å². The fourth-order valence-electron chi connectivity index (χ4n) is 1.29. The molecule has 3 nitrogen and oxygen atoms in total. The van der Waals surface area contributed by atoms with Crippen molar-refractivity contribution in [1.29, 1.82) is 0 Å². The highest BCUT2D eigenvalue weighted by Gasteiger charge is 1.98. The molecule has 1 aromatic heterocycles. The van der Waals surface area contributed by atoms with Crippen LogP contribution in [0.25, 0.3) is 11.0 Å². The molecule has 14 heavy (non-hydrogen) atoms. The number of halogens is 2. The smallest absolute Gasteiger partial charge is 0.104 e. The maximum atomic E-state index is 4.31. The van der Waals surface area contributed by atoms with Crippen LogP contribution in [0.1, 0.15) is 5.82 Å². The van der Waals surface area contributed by atoms with Gasteiger partial charge in [0.05, 0.1) is 11.0 Å². The average Bonchev–Trinajstić information content (AvgIpc) is 2.43. The Labute approximate surface area is 95.1 Å². The first-order valence-electron chi connectivity index (χ1n) is 3.94. The first-order chi connectivity index (χ1) is 5.79. The number of imidazole rings is 1. The Morgan fingerprint density at radius 1 is 1.29 bits per heavy atom. The fraction of sp³-hybridized carbons (Fsp3) is 0.222. The number of H-pyrrole nitrogens is 1. The molecule has 0 spiro atoms. The second-order valence-corrected chi connectivity index (χ2v) is 2.80. The number of aromatic amines is 1. The zero-order valence-electron chi connectivity index (χ0n) is 8.00. The Hall–Kier alpha value is -0.930. The van der Waals surface area contributed by atoms with E-state index in [1.165, 1.54) is 0 Å². The van der Waals surface area contributed by atoms with E-state index in [2.05, 4.69) is 21.4 Å². The van der Waals surface area contributed by atoms with Crippen LogP contribution in [-0.4, -0.2) is 17.0 Å². The van der Waals surface area contributed by atoms with Crippen molar-refractivity contribution in [3.63, 3.8) is 0 Å². The number of rotatable bonds is 1. The second-order valence-electron chi connectivity index (χ2n) is 2.80. The summed E-state index contributed by atoms with van der Waals surface area (Å²) in [5.74, 6) is 0.957. The normalized spacial score (nSPS) is 9.00. The Morgan fingerprint density at radius 2 is 2.00 bits per heavy atom. The molecular weight excluding hydrogens is 221 g/mol.